The number of nitrogens with zero attached hydrogens (tertiary/aromatic N) is 2. The number of urea groups is 1. The minimum absolute atomic E-state index is 0.0199. The molecule has 30 heavy (non-hydrogen) atoms. The fourth-order valence-electron chi connectivity index (χ4n) is 3.46. The molecule has 1 unspecified atom stereocenters. The van der Waals surface area contributed by atoms with Gasteiger partial charge in [0.15, 0.2) is 0 Å². The van der Waals surface area contributed by atoms with E-state index >= 15 is 0 Å². The van der Waals surface area contributed by atoms with Gasteiger partial charge in [-0.1, -0.05) is 31.7 Å². The minimum Gasteiger partial charge on any atom is -0.472 e. The van der Waals surface area contributed by atoms with E-state index in [0.717, 1.165) is 55.6 Å². The van der Waals surface area contributed by atoms with Crippen molar-refractivity contribution < 1.29 is 19.4 Å². The fourth-order valence-corrected chi connectivity index (χ4v) is 4.20. The molecule has 0 aliphatic heterocycles. The van der Waals surface area contributed by atoms with Crippen molar-refractivity contribution in [2.75, 3.05) is 11.9 Å². The molecule has 0 aromatic carbocycles. The molecule has 1 aliphatic carbocycles. The van der Waals surface area contributed by atoms with Crippen molar-refractivity contribution in [2.24, 2.45) is 11.7 Å². The summed E-state index contributed by atoms with van der Waals surface area (Å²) in [6.07, 6.45) is 8.86. The first-order valence-electron chi connectivity index (χ1n) is 10.1. The van der Waals surface area contributed by atoms with E-state index in [4.69, 9.17) is 10.5 Å². The molecule has 0 bridgehead atoms. The summed E-state index contributed by atoms with van der Waals surface area (Å²) < 4.78 is 9.70. The van der Waals surface area contributed by atoms with Crippen molar-refractivity contribution >= 4 is 28.5 Å². The summed E-state index contributed by atoms with van der Waals surface area (Å²) in [7, 11) is 0. The Balaban J connectivity index is 1.57. The van der Waals surface area contributed by atoms with Crippen molar-refractivity contribution in [3.63, 3.8) is 0 Å². The lowest BCUT2D eigenvalue weighted by Gasteiger charge is -2.25. The number of rotatable bonds is 7. The molecule has 5 N–H and O–H groups in total. The number of amides is 3. The van der Waals surface area contributed by atoms with Gasteiger partial charge < -0.3 is 20.9 Å². The molecule has 0 spiro atoms. The summed E-state index contributed by atoms with van der Waals surface area (Å²) >= 11 is 0.923. The van der Waals surface area contributed by atoms with Crippen molar-refractivity contribution in [1.82, 2.24) is 14.7 Å². The van der Waals surface area contributed by atoms with Crippen LogP contribution in [0.1, 0.15) is 54.4 Å². The molecule has 10 heteroatoms. The van der Waals surface area contributed by atoms with Gasteiger partial charge in [-0.15, -0.1) is 0 Å². The van der Waals surface area contributed by atoms with Crippen molar-refractivity contribution in [3.05, 3.63) is 35.7 Å². The van der Waals surface area contributed by atoms with Crippen molar-refractivity contribution in [1.29, 1.82) is 0 Å². The van der Waals surface area contributed by atoms with Crippen LogP contribution in [-0.2, 0) is 6.61 Å². The molecule has 1 fully saturated rings. The molecule has 3 rings (SSSR count). The molecular formula is C20H27N5O4S. The lowest BCUT2D eigenvalue weighted by Crippen LogP contribution is -2.37. The summed E-state index contributed by atoms with van der Waals surface area (Å²) in [6, 6.07) is 3.13. The first kappa shape index (κ1) is 22.0. The van der Waals surface area contributed by atoms with Gasteiger partial charge in [-0.05, 0) is 30.4 Å². The Morgan fingerprint density at radius 1 is 1.27 bits per heavy atom. The molecule has 0 radical (unpaired) electrons. The van der Waals surface area contributed by atoms with E-state index in [1.165, 1.54) is 0 Å². The Labute approximate surface area is 179 Å². The van der Waals surface area contributed by atoms with Crippen LogP contribution in [0, 0.1) is 5.92 Å². The topological polar surface area (TPSA) is 139 Å². The number of carbonyl (C=O) groups is 2. The zero-order chi connectivity index (χ0) is 21.3. The Bertz CT molecular complexity index is 845. The van der Waals surface area contributed by atoms with E-state index in [0.29, 0.717) is 6.54 Å². The van der Waals surface area contributed by atoms with Gasteiger partial charge in [0.1, 0.15) is 17.2 Å². The van der Waals surface area contributed by atoms with Crippen LogP contribution in [0.3, 0.4) is 0 Å². The third-order valence-electron chi connectivity index (χ3n) is 5.13. The number of aliphatic hydroxyl groups excluding tert-OH is 1. The molecule has 162 valence electrons. The zero-order valence-electron chi connectivity index (χ0n) is 16.7. The smallest absolute Gasteiger partial charge is 0.319 e. The number of hydrogen-bond acceptors (Lipinski definition) is 7. The van der Waals surface area contributed by atoms with Crippen LogP contribution in [-0.4, -0.2) is 39.1 Å². The van der Waals surface area contributed by atoms with Gasteiger partial charge in [-0.2, -0.15) is 4.37 Å². The predicted molar refractivity (Wildman–Crippen MR) is 113 cm³/mol. The van der Waals surface area contributed by atoms with Gasteiger partial charge in [0, 0.05) is 30.4 Å². The maximum absolute atomic E-state index is 12.4. The molecule has 1 saturated carbocycles. The van der Waals surface area contributed by atoms with Crippen LogP contribution in [0.25, 0.3) is 0 Å². The summed E-state index contributed by atoms with van der Waals surface area (Å²) in [4.78, 5) is 28.3. The van der Waals surface area contributed by atoms with Gasteiger partial charge in [0.25, 0.3) is 5.91 Å². The monoisotopic (exact) mass is 433 g/mol. The number of carbonyl (C=O) groups excluding carboxylic acids is 2. The van der Waals surface area contributed by atoms with Gasteiger partial charge >= 0.3 is 6.03 Å². The van der Waals surface area contributed by atoms with E-state index in [2.05, 4.69) is 20.0 Å². The summed E-state index contributed by atoms with van der Waals surface area (Å²) in [5.41, 5.74) is 6.32. The van der Waals surface area contributed by atoms with Crippen LogP contribution < -0.4 is 21.1 Å². The van der Waals surface area contributed by atoms with Crippen LogP contribution in [0.2, 0.25) is 0 Å². The first-order valence-corrected chi connectivity index (χ1v) is 10.9. The van der Waals surface area contributed by atoms with E-state index in [9.17, 15) is 14.7 Å². The highest BCUT2D eigenvalue weighted by Gasteiger charge is 2.24. The second-order valence-corrected chi connectivity index (χ2v) is 8.13. The molecule has 2 heterocycles. The maximum atomic E-state index is 12.4. The Morgan fingerprint density at radius 3 is 2.80 bits per heavy atom. The van der Waals surface area contributed by atoms with E-state index in [1.54, 1.807) is 18.5 Å². The fraction of sp³-hybridized carbons (Fsp3) is 0.500. The number of anilines is 1. The third kappa shape index (κ3) is 6.14. The Morgan fingerprint density at radius 2 is 2.07 bits per heavy atom. The lowest BCUT2D eigenvalue weighted by atomic mass is 9.89. The summed E-state index contributed by atoms with van der Waals surface area (Å²) in [5, 5.41) is 15.9. The van der Waals surface area contributed by atoms with E-state index in [-0.39, 0.29) is 29.0 Å². The molecule has 2 aromatic rings. The average molecular weight is 434 g/mol. The van der Waals surface area contributed by atoms with Crippen molar-refractivity contribution in [3.8, 4) is 5.88 Å². The number of nitrogens with two attached hydrogens (primary N) is 1. The number of aromatic nitrogens is 2. The minimum atomic E-state index is -0.740. The Kier molecular flexibility index (Phi) is 7.97. The maximum Gasteiger partial charge on any atom is 0.319 e. The highest BCUT2D eigenvalue weighted by Crippen LogP contribution is 2.30. The van der Waals surface area contributed by atoms with Gasteiger partial charge in [0.2, 0.25) is 5.88 Å². The standard InChI is InChI=1S/C20H27N5O4S/c21-17(27)16-18(29-12-13-6-5-9-22-10-13)25-30-19(16)24-20(28)23-11-14-7-3-1-2-4-8-15(14)26/h5-6,9-10,14-15,26H,1-4,7-8,11-12H2,(H2,21,27)(H2,23,24,28)/t14?,15-/m1/s1. The number of primary amides is 1. The summed E-state index contributed by atoms with van der Waals surface area (Å²) in [6.45, 7) is 0.533. The number of ether oxygens (including phenoxy) is 1. The first-order chi connectivity index (χ1) is 14.5. The van der Waals surface area contributed by atoms with E-state index < -0.39 is 18.0 Å². The van der Waals surface area contributed by atoms with Crippen LogP contribution in [0.4, 0.5) is 9.80 Å². The number of pyridine rings is 1. The number of aliphatic hydroxyl groups is 1. The molecule has 1 aliphatic rings. The zero-order valence-corrected chi connectivity index (χ0v) is 17.5. The molecule has 2 aromatic heterocycles. The molecule has 9 nitrogen and oxygen atoms in total. The lowest BCUT2D eigenvalue weighted by molar-refractivity contribution is 0.0846. The molecule has 3 amide bonds. The number of nitrogens with one attached hydrogen (secondary N) is 2. The quantitative estimate of drug-likeness (QED) is 0.529. The second-order valence-electron chi connectivity index (χ2n) is 7.36. The molecule has 2 atom stereocenters. The molecular weight excluding hydrogens is 406 g/mol. The van der Waals surface area contributed by atoms with Gasteiger partial charge in [-0.3, -0.25) is 15.1 Å². The second kappa shape index (κ2) is 10.9. The van der Waals surface area contributed by atoms with Crippen LogP contribution in [0.15, 0.2) is 24.5 Å². The van der Waals surface area contributed by atoms with Crippen molar-refractivity contribution in [2.45, 2.75) is 51.2 Å². The van der Waals surface area contributed by atoms with Crippen LogP contribution in [0.5, 0.6) is 5.88 Å². The Hall–Kier alpha value is -2.72. The van der Waals surface area contributed by atoms with Gasteiger partial charge in [0.05, 0.1) is 6.10 Å². The number of hydrogen-bond donors (Lipinski definition) is 4. The SMILES string of the molecule is NC(=O)c1c(OCc2cccnc2)nsc1NC(=O)NCC1CCCCCC[C@H]1O. The van der Waals surface area contributed by atoms with Gasteiger partial charge in [-0.25, -0.2) is 4.79 Å². The largest absolute Gasteiger partial charge is 0.472 e. The van der Waals surface area contributed by atoms with Crippen LogP contribution >= 0.6 is 11.5 Å². The molecule has 0 saturated heterocycles. The summed E-state index contributed by atoms with van der Waals surface area (Å²) in [5.74, 6) is -0.649. The van der Waals surface area contributed by atoms with E-state index in [1.807, 2.05) is 6.07 Å². The third-order valence-corrected chi connectivity index (χ3v) is 5.87. The normalized spacial score (nSPS) is 19.4. The predicted octanol–water partition coefficient (Wildman–Crippen LogP) is 2.67. The highest BCUT2D eigenvalue weighted by molar-refractivity contribution is 7.11. The highest BCUT2D eigenvalue weighted by atomic mass is 32.1. The average Bonchev–Trinajstić information content (AvgIpc) is 3.12.